The van der Waals surface area contributed by atoms with Crippen LogP contribution < -0.4 is 10.2 Å². The quantitative estimate of drug-likeness (QED) is 0.926. The van der Waals surface area contributed by atoms with Gasteiger partial charge in [0.15, 0.2) is 0 Å². The van der Waals surface area contributed by atoms with E-state index in [1.807, 2.05) is 23.1 Å². The Morgan fingerprint density at radius 1 is 1.24 bits per heavy atom. The van der Waals surface area contributed by atoms with Crippen LogP contribution in [0.4, 0.5) is 5.69 Å². The van der Waals surface area contributed by atoms with Crippen molar-refractivity contribution >= 4 is 17.5 Å². The van der Waals surface area contributed by atoms with E-state index in [1.54, 1.807) is 0 Å². The van der Waals surface area contributed by atoms with Crippen LogP contribution in [0, 0.1) is 5.92 Å². The first-order chi connectivity index (χ1) is 10.2. The topological polar surface area (TPSA) is 49.4 Å². The van der Waals surface area contributed by atoms with Crippen LogP contribution in [-0.2, 0) is 16.0 Å². The molecule has 112 valence electrons. The Morgan fingerprint density at radius 2 is 1.95 bits per heavy atom. The van der Waals surface area contributed by atoms with E-state index >= 15 is 0 Å². The average Bonchev–Trinajstić information content (AvgIpc) is 3.13. The summed E-state index contributed by atoms with van der Waals surface area (Å²) in [5.41, 5.74) is 2.23. The molecule has 0 radical (unpaired) electrons. The van der Waals surface area contributed by atoms with Crippen molar-refractivity contribution in [3.05, 3.63) is 29.8 Å². The Bertz CT molecular complexity index is 549. The second-order valence-corrected chi connectivity index (χ2v) is 6.09. The number of amides is 2. The van der Waals surface area contributed by atoms with Crippen LogP contribution >= 0.6 is 0 Å². The van der Waals surface area contributed by atoms with Crippen molar-refractivity contribution in [2.24, 2.45) is 5.92 Å². The van der Waals surface area contributed by atoms with Crippen molar-refractivity contribution in [3.8, 4) is 0 Å². The molecule has 2 amide bonds. The standard InChI is InChI=1S/C17H22N2O2/c1-12(20)18-16(14-7-2-3-8-14)17(21)19-11-10-13-6-4-5-9-15(13)19/h4-6,9,14,16H,2-3,7-8,10-11H2,1H3,(H,18,20). The SMILES string of the molecule is CC(=O)NC(C(=O)N1CCc2ccccc21)C1CCCC1. The monoisotopic (exact) mass is 286 g/mol. The third-order valence-corrected chi connectivity index (χ3v) is 4.65. The van der Waals surface area contributed by atoms with Gasteiger partial charge in [0.1, 0.15) is 6.04 Å². The Morgan fingerprint density at radius 3 is 2.67 bits per heavy atom. The van der Waals surface area contributed by atoms with E-state index in [1.165, 1.54) is 12.5 Å². The Labute approximate surface area is 125 Å². The van der Waals surface area contributed by atoms with E-state index in [2.05, 4.69) is 11.4 Å². The highest BCUT2D eigenvalue weighted by atomic mass is 16.2. The molecule has 0 bridgehead atoms. The van der Waals surface area contributed by atoms with E-state index in [4.69, 9.17) is 0 Å². The van der Waals surface area contributed by atoms with Crippen LogP contribution in [0.15, 0.2) is 24.3 Å². The Balaban J connectivity index is 1.82. The predicted molar refractivity (Wildman–Crippen MR) is 82.1 cm³/mol. The van der Waals surface area contributed by atoms with Crippen molar-refractivity contribution in [1.29, 1.82) is 0 Å². The smallest absolute Gasteiger partial charge is 0.249 e. The fourth-order valence-corrected chi connectivity index (χ4v) is 3.63. The number of anilines is 1. The zero-order chi connectivity index (χ0) is 14.8. The number of benzene rings is 1. The summed E-state index contributed by atoms with van der Waals surface area (Å²) in [6.07, 6.45) is 5.28. The minimum absolute atomic E-state index is 0.0575. The summed E-state index contributed by atoms with van der Waals surface area (Å²) >= 11 is 0. The summed E-state index contributed by atoms with van der Waals surface area (Å²) in [4.78, 5) is 26.3. The molecular weight excluding hydrogens is 264 g/mol. The minimum Gasteiger partial charge on any atom is -0.344 e. The zero-order valence-corrected chi connectivity index (χ0v) is 12.5. The molecule has 21 heavy (non-hydrogen) atoms. The molecular formula is C17H22N2O2. The van der Waals surface area contributed by atoms with Crippen molar-refractivity contribution in [2.45, 2.75) is 45.1 Å². The molecule has 4 nitrogen and oxygen atoms in total. The predicted octanol–water partition coefficient (Wildman–Crippen LogP) is 2.27. The maximum atomic E-state index is 12.9. The molecule has 1 aliphatic carbocycles. The van der Waals surface area contributed by atoms with Gasteiger partial charge in [-0.15, -0.1) is 0 Å². The molecule has 3 rings (SSSR count). The number of nitrogens with one attached hydrogen (secondary N) is 1. The van der Waals surface area contributed by atoms with Gasteiger partial charge in [0, 0.05) is 19.2 Å². The molecule has 1 atom stereocenters. The molecule has 1 fully saturated rings. The van der Waals surface area contributed by atoms with Gasteiger partial charge in [-0.2, -0.15) is 0 Å². The molecule has 0 aromatic heterocycles. The third kappa shape index (κ3) is 2.80. The summed E-state index contributed by atoms with van der Waals surface area (Å²) in [5.74, 6) is 0.226. The van der Waals surface area contributed by atoms with Gasteiger partial charge >= 0.3 is 0 Å². The molecule has 1 N–H and O–H groups in total. The van der Waals surface area contributed by atoms with Crippen molar-refractivity contribution in [2.75, 3.05) is 11.4 Å². The van der Waals surface area contributed by atoms with Gasteiger partial charge in [0.2, 0.25) is 11.8 Å². The average molecular weight is 286 g/mol. The first kappa shape index (κ1) is 14.1. The lowest BCUT2D eigenvalue weighted by molar-refractivity contribution is -0.127. The van der Waals surface area contributed by atoms with Gasteiger partial charge in [-0.05, 0) is 36.8 Å². The molecule has 1 aromatic carbocycles. The van der Waals surface area contributed by atoms with Gasteiger partial charge in [-0.1, -0.05) is 31.0 Å². The molecule has 1 heterocycles. The van der Waals surface area contributed by atoms with Gasteiger partial charge in [-0.3, -0.25) is 9.59 Å². The number of nitrogens with zero attached hydrogens (tertiary/aromatic N) is 1. The van der Waals surface area contributed by atoms with E-state index in [0.29, 0.717) is 0 Å². The molecule has 2 aliphatic rings. The first-order valence-corrected chi connectivity index (χ1v) is 7.83. The van der Waals surface area contributed by atoms with E-state index in [0.717, 1.165) is 44.3 Å². The Kier molecular flexibility index (Phi) is 3.95. The molecule has 4 heteroatoms. The molecule has 0 spiro atoms. The van der Waals surface area contributed by atoms with Crippen molar-refractivity contribution in [3.63, 3.8) is 0 Å². The highest BCUT2D eigenvalue weighted by molar-refractivity contribution is 6.00. The first-order valence-electron chi connectivity index (χ1n) is 7.83. The number of carbonyl (C=O) groups excluding carboxylic acids is 2. The van der Waals surface area contributed by atoms with Gasteiger partial charge in [-0.25, -0.2) is 0 Å². The van der Waals surface area contributed by atoms with Crippen LogP contribution in [-0.4, -0.2) is 24.4 Å². The number of fused-ring (bicyclic) bond motifs is 1. The van der Waals surface area contributed by atoms with Crippen LogP contribution in [0.2, 0.25) is 0 Å². The summed E-state index contributed by atoms with van der Waals surface area (Å²) in [6, 6.07) is 7.68. The lowest BCUT2D eigenvalue weighted by atomic mass is 9.96. The number of rotatable bonds is 3. The van der Waals surface area contributed by atoms with E-state index in [9.17, 15) is 9.59 Å². The fourth-order valence-electron chi connectivity index (χ4n) is 3.63. The zero-order valence-electron chi connectivity index (χ0n) is 12.5. The summed E-state index contributed by atoms with van der Waals surface area (Å²) < 4.78 is 0. The molecule has 1 saturated carbocycles. The van der Waals surface area contributed by atoms with Crippen LogP contribution in [0.1, 0.15) is 38.2 Å². The fraction of sp³-hybridized carbons (Fsp3) is 0.529. The number of hydrogen-bond donors (Lipinski definition) is 1. The van der Waals surface area contributed by atoms with E-state index < -0.39 is 0 Å². The van der Waals surface area contributed by atoms with Crippen molar-refractivity contribution < 1.29 is 9.59 Å². The second-order valence-electron chi connectivity index (χ2n) is 6.09. The summed E-state index contributed by atoms with van der Waals surface area (Å²) in [7, 11) is 0. The lowest BCUT2D eigenvalue weighted by Crippen LogP contribution is -2.51. The van der Waals surface area contributed by atoms with Gasteiger partial charge in [0.05, 0.1) is 0 Å². The molecule has 1 unspecified atom stereocenters. The van der Waals surface area contributed by atoms with Crippen molar-refractivity contribution in [1.82, 2.24) is 5.32 Å². The third-order valence-electron chi connectivity index (χ3n) is 4.65. The lowest BCUT2D eigenvalue weighted by Gasteiger charge is -2.28. The maximum Gasteiger partial charge on any atom is 0.249 e. The largest absolute Gasteiger partial charge is 0.344 e. The van der Waals surface area contributed by atoms with E-state index in [-0.39, 0.29) is 23.8 Å². The Hall–Kier alpha value is -1.84. The van der Waals surface area contributed by atoms with Crippen LogP contribution in [0.25, 0.3) is 0 Å². The second kappa shape index (κ2) is 5.88. The molecule has 1 aromatic rings. The minimum atomic E-state index is -0.365. The number of para-hydroxylation sites is 1. The molecule has 0 saturated heterocycles. The highest BCUT2D eigenvalue weighted by Crippen LogP contribution is 2.32. The summed E-state index contributed by atoms with van der Waals surface area (Å²) in [5, 5.41) is 2.90. The maximum absolute atomic E-state index is 12.9. The normalized spacial score (nSPS) is 19.4. The van der Waals surface area contributed by atoms with Crippen LogP contribution in [0.3, 0.4) is 0 Å². The van der Waals surface area contributed by atoms with Crippen LogP contribution in [0.5, 0.6) is 0 Å². The highest BCUT2D eigenvalue weighted by Gasteiger charge is 2.36. The number of carbonyl (C=O) groups is 2. The number of hydrogen-bond acceptors (Lipinski definition) is 2. The van der Waals surface area contributed by atoms with Gasteiger partial charge in [0.25, 0.3) is 0 Å². The van der Waals surface area contributed by atoms with Gasteiger partial charge < -0.3 is 10.2 Å². The summed E-state index contributed by atoms with van der Waals surface area (Å²) in [6.45, 7) is 2.22. The molecule has 1 aliphatic heterocycles.